The maximum absolute atomic E-state index is 13.3. The molecule has 0 saturated carbocycles. The predicted octanol–water partition coefficient (Wildman–Crippen LogP) is 2.39. The zero-order valence-electron chi connectivity index (χ0n) is 12.0. The summed E-state index contributed by atoms with van der Waals surface area (Å²) in [4.78, 5) is 23.1. The molecule has 0 spiro atoms. The van der Waals surface area contributed by atoms with Crippen molar-refractivity contribution in [1.82, 2.24) is 10.6 Å². The normalized spacial score (nSPS) is 10.2. The first-order valence-electron chi connectivity index (χ1n) is 7.04. The molecule has 1 rings (SSSR count). The first-order valence-corrected chi connectivity index (χ1v) is 7.04. The molecule has 2 amide bonds. The fourth-order valence-corrected chi connectivity index (χ4v) is 1.77. The van der Waals surface area contributed by atoms with Crippen molar-refractivity contribution in [1.29, 1.82) is 0 Å². The molecular formula is C15H20F2N2O2. The molecule has 0 atom stereocenters. The molecule has 6 heteroatoms. The summed E-state index contributed by atoms with van der Waals surface area (Å²) >= 11 is 0. The Hall–Kier alpha value is -1.98. The van der Waals surface area contributed by atoms with Crippen LogP contribution in [0.15, 0.2) is 18.2 Å². The van der Waals surface area contributed by atoms with Gasteiger partial charge in [-0.3, -0.25) is 9.59 Å². The topological polar surface area (TPSA) is 58.2 Å². The molecule has 1 aromatic carbocycles. The minimum atomic E-state index is -0.951. The van der Waals surface area contributed by atoms with Gasteiger partial charge in [0.05, 0.1) is 12.1 Å². The maximum atomic E-state index is 13.3. The van der Waals surface area contributed by atoms with Crippen LogP contribution < -0.4 is 10.6 Å². The second-order valence-corrected chi connectivity index (χ2v) is 4.72. The summed E-state index contributed by atoms with van der Waals surface area (Å²) < 4.78 is 26.1. The summed E-state index contributed by atoms with van der Waals surface area (Å²) in [7, 11) is 0. The van der Waals surface area contributed by atoms with Gasteiger partial charge in [-0.15, -0.1) is 0 Å². The number of rotatable bonds is 8. The number of benzene rings is 1. The van der Waals surface area contributed by atoms with Crippen LogP contribution in [0.2, 0.25) is 0 Å². The van der Waals surface area contributed by atoms with Crippen LogP contribution in [0, 0.1) is 11.6 Å². The number of carbonyl (C=O) groups excluding carboxylic acids is 2. The van der Waals surface area contributed by atoms with Crippen molar-refractivity contribution >= 4 is 11.8 Å². The highest BCUT2D eigenvalue weighted by molar-refractivity contribution is 5.96. The Kier molecular flexibility index (Phi) is 7.36. The van der Waals surface area contributed by atoms with E-state index in [-0.39, 0.29) is 18.0 Å². The van der Waals surface area contributed by atoms with Crippen LogP contribution in [0.1, 0.15) is 43.0 Å². The van der Waals surface area contributed by atoms with Crippen LogP contribution in [0.25, 0.3) is 0 Å². The molecule has 116 valence electrons. The highest BCUT2D eigenvalue weighted by atomic mass is 19.1. The van der Waals surface area contributed by atoms with E-state index in [0.717, 1.165) is 37.8 Å². The lowest BCUT2D eigenvalue weighted by Gasteiger charge is -2.07. The number of carbonyl (C=O) groups is 2. The minimum absolute atomic E-state index is 0.233. The molecule has 0 aliphatic heterocycles. The van der Waals surface area contributed by atoms with Crippen LogP contribution >= 0.6 is 0 Å². The smallest absolute Gasteiger partial charge is 0.254 e. The second kappa shape index (κ2) is 9.05. The average molecular weight is 298 g/mol. The number of nitrogens with one attached hydrogen (secondary N) is 2. The number of unbranched alkanes of at least 4 members (excludes halogenated alkanes) is 3. The molecule has 0 unspecified atom stereocenters. The Bertz CT molecular complexity index is 493. The minimum Gasteiger partial charge on any atom is -0.355 e. The Morgan fingerprint density at radius 1 is 1.10 bits per heavy atom. The fourth-order valence-electron chi connectivity index (χ4n) is 1.77. The highest BCUT2D eigenvalue weighted by Crippen LogP contribution is 2.08. The summed E-state index contributed by atoms with van der Waals surface area (Å²) in [5.74, 6) is -2.78. The first-order chi connectivity index (χ1) is 10.0. The summed E-state index contributed by atoms with van der Waals surface area (Å²) in [5.41, 5.74) is -0.285. The molecule has 0 bridgehead atoms. The quantitative estimate of drug-likeness (QED) is 0.724. The monoisotopic (exact) mass is 298 g/mol. The number of hydrogen-bond donors (Lipinski definition) is 2. The van der Waals surface area contributed by atoms with Gasteiger partial charge in [-0.1, -0.05) is 26.2 Å². The third-order valence-electron chi connectivity index (χ3n) is 2.94. The molecule has 1 aromatic rings. The van der Waals surface area contributed by atoms with E-state index in [4.69, 9.17) is 0 Å². The van der Waals surface area contributed by atoms with Gasteiger partial charge in [-0.25, -0.2) is 8.78 Å². The van der Waals surface area contributed by atoms with Gasteiger partial charge in [-0.05, 0) is 18.6 Å². The van der Waals surface area contributed by atoms with Gasteiger partial charge >= 0.3 is 0 Å². The van der Waals surface area contributed by atoms with E-state index in [1.54, 1.807) is 0 Å². The van der Waals surface area contributed by atoms with Crippen LogP contribution in [-0.4, -0.2) is 24.9 Å². The van der Waals surface area contributed by atoms with Crippen molar-refractivity contribution in [3.05, 3.63) is 35.4 Å². The SMILES string of the molecule is CCCCCCNC(=O)CNC(=O)c1ccc(F)cc1F. The Labute approximate surface area is 122 Å². The lowest BCUT2D eigenvalue weighted by molar-refractivity contribution is -0.120. The van der Waals surface area contributed by atoms with Crippen molar-refractivity contribution in [2.75, 3.05) is 13.1 Å². The van der Waals surface area contributed by atoms with E-state index in [9.17, 15) is 18.4 Å². The Balaban J connectivity index is 2.30. The third-order valence-corrected chi connectivity index (χ3v) is 2.94. The Morgan fingerprint density at radius 2 is 1.86 bits per heavy atom. The van der Waals surface area contributed by atoms with Crippen molar-refractivity contribution in [3.8, 4) is 0 Å². The Morgan fingerprint density at radius 3 is 2.52 bits per heavy atom. The molecule has 0 aliphatic rings. The molecule has 0 heterocycles. The molecule has 4 nitrogen and oxygen atoms in total. The van der Waals surface area contributed by atoms with E-state index >= 15 is 0 Å². The van der Waals surface area contributed by atoms with Gasteiger partial charge in [0.2, 0.25) is 5.91 Å². The summed E-state index contributed by atoms with van der Waals surface area (Å²) in [5, 5.41) is 4.96. The molecule has 0 aromatic heterocycles. The molecule has 0 aliphatic carbocycles. The van der Waals surface area contributed by atoms with E-state index in [0.29, 0.717) is 12.6 Å². The van der Waals surface area contributed by atoms with E-state index in [1.807, 2.05) is 0 Å². The number of halogens is 2. The molecule has 0 saturated heterocycles. The standard InChI is InChI=1S/C15H20F2N2O2/c1-2-3-4-5-8-18-14(20)10-19-15(21)12-7-6-11(16)9-13(12)17/h6-7,9H,2-5,8,10H2,1H3,(H,18,20)(H,19,21). The van der Waals surface area contributed by atoms with Gasteiger partial charge < -0.3 is 10.6 Å². The van der Waals surface area contributed by atoms with Gasteiger partial charge in [0.25, 0.3) is 5.91 Å². The zero-order valence-corrected chi connectivity index (χ0v) is 12.0. The van der Waals surface area contributed by atoms with Crippen molar-refractivity contribution in [2.45, 2.75) is 32.6 Å². The second-order valence-electron chi connectivity index (χ2n) is 4.72. The zero-order chi connectivity index (χ0) is 15.7. The molecule has 0 radical (unpaired) electrons. The van der Waals surface area contributed by atoms with E-state index < -0.39 is 17.5 Å². The summed E-state index contributed by atoms with van der Waals surface area (Å²) in [6, 6.07) is 2.66. The van der Waals surface area contributed by atoms with E-state index in [2.05, 4.69) is 17.6 Å². The highest BCUT2D eigenvalue weighted by Gasteiger charge is 2.13. The lowest BCUT2D eigenvalue weighted by atomic mass is 10.2. The fraction of sp³-hybridized carbons (Fsp3) is 0.467. The van der Waals surface area contributed by atoms with Gasteiger partial charge in [0.1, 0.15) is 11.6 Å². The van der Waals surface area contributed by atoms with E-state index in [1.165, 1.54) is 0 Å². The van der Waals surface area contributed by atoms with Gasteiger partial charge in [0.15, 0.2) is 0 Å². The lowest BCUT2D eigenvalue weighted by Crippen LogP contribution is -2.37. The first kappa shape index (κ1) is 17.1. The molecule has 2 N–H and O–H groups in total. The van der Waals surface area contributed by atoms with Gasteiger partial charge in [-0.2, -0.15) is 0 Å². The van der Waals surface area contributed by atoms with Crippen LogP contribution in [0.3, 0.4) is 0 Å². The van der Waals surface area contributed by atoms with Crippen molar-refractivity contribution in [2.24, 2.45) is 0 Å². The summed E-state index contributed by atoms with van der Waals surface area (Å²) in [6.07, 6.45) is 4.17. The van der Waals surface area contributed by atoms with Crippen LogP contribution in [0.5, 0.6) is 0 Å². The molecule has 21 heavy (non-hydrogen) atoms. The van der Waals surface area contributed by atoms with Gasteiger partial charge in [0, 0.05) is 12.6 Å². The molecule has 0 fully saturated rings. The van der Waals surface area contributed by atoms with Crippen LogP contribution in [-0.2, 0) is 4.79 Å². The largest absolute Gasteiger partial charge is 0.355 e. The number of amides is 2. The van der Waals surface area contributed by atoms with Crippen molar-refractivity contribution in [3.63, 3.8) is 0 Å². The third kappa shape index (κ3) is 6.33. The van der Waals surface area contributed by atoms with Crippen LogP contribution in [0.4, 0.5) is 8.78 Å². The predicted molar refractivity (Wildman–Crippen MR) is 75.8 cm³/mol. The number of hydrogen-bond acceptors (Lipinski definition) is 2. The maximum Gasteiger partial charge on any atom is 0.254 e. The molecular weight excluding hydrogens is 278 g/mol. The average Bonchev–Trinajstić information content (AvgIpc) is 2.44. The van der Waals surface area contributed by atoms with Crippen molar-refractivity contribution < 1.29 is 18.4 Å². The summed E-state index contributed by atoms with van der Waals surface area (Å²) in [6.45, 7) is 2.42.